The molecule has 1 atom stereocenters. The average Bonchev–Trinajstić information content (AvgIpc) is 2.66. The molecule has 0 aromatic heterocycles. The minimum Gasteiger partial charge on any atom is -0.480 e. The number of carboxylic acid groups (broad SMARTS) is 1. The Morgan fingerprint density at radius 2 is 1.87 bits per heavy atom. The Bertz CT molecular complexity index is 988. The van der Waals surface area contributed by atoms with Crippen molar-refractivity contribution < 1.29 is 14.7 Å². The quantitative estimate of drug-likeness (QED) is 0.447. The molecule has 0 radical (unpaired) electrons. The van der Waals surface area contributed by atoms with Crippen LogP contribution in [0.1, 0.15) is 25.8 Å². The highest BCUT2D eigenvalue weighted by Gasteiger charge is 2.29. The van der Waals surface area contributed by atoms with E-state index in [0.29, 0.717) is 38.5 Å². The molecule has 1 amide bonds. The molecule has 2 aromatic carbocycles. The molecule has 0 saturated carbocycles. The van der Waals surface area contributed by atoms with Gasteiger partial charge in [-0.15, -0.1) is 0 Å². The molecule has 0 bridgehead atoms. The zero-order valence-electron chi connectivity index (χ0n) is 16.6. The summed E-state index contributed by atoms with van der Waals surface area (Å²) in [6, 6.07) is 9.70. The number of hydrogen-bond donors (Lipinski definition) is 4. The number of fused-ring (bicyclic) bond motifs is 1. The van der Waals surface area contributed by atoms with Gasteiger partial charge in [-0.2, -0.15) is 0 Å². The second kappa shape index (κ2) is 9.41. The lowest BCUT2D eigenvalue weighted by atomic mass is 9.92. The third kappa shape index (κ3) is 5.46. The first-order chi connectivity index (χ1) is 14.2. The number of carbonyl (C=O) groups excluding carboxylic acids is 1. The van der Waals surface area contributed by atoms with Gasteiger partial charge in [0.2, 0.25) is 5.91 Å². The Kier molecular flexibility index (Phi) is 6.90. The van der Waals surface area contributed by atoms with Gasteiger partial charge in [0.1, 0.15) is 6.04 Å². The van der Waals surface area contributed by atoms with E-state index in [1.165, 1.54) is 6.08 Å². The Balaban J connectivity index is 1.80. The molecular weight excluding hydrogens is 425 g/mol. The van der Waals surface area contributed by atoms with Crippen molar-refractivity contribution >= 4 is 57.7 Å². The van der Waals surface area contributed by atoms with E-state index in [4.69, 9.17) is 23.2 Å². The SMILES string of the molecule is CC(C)CNc1ccc(NC(=O)/C=C2\CC(C(=O)O)Nc3cc(Cl)cc(Cl)c32)cc1. The van der Waals surface area contributed by atoms with Crippen molar-refractivity contribution in [2.24, 2.45) is 5.92 Å². The zero-order valence-corrected chi connectivity index (χ0v) is 18.1. The summed E-state index contributed by atoms with van der Waals surface area (Å²) in [5.74, 6) is -0.858. The highest BCUT2D eigenvalue weighted by molar-refractivity contribution is 6.36. The van der Waals surface area contributed by atoms with Gasteiger partial charge in [0, 0.05) is 46.7 Å². The van der Waals surface area contributed by atoms with Crippen LogP contribution in [0.3, 0.4) is 0 Å². The minimum atomic E-state index is -1.02. The molecule has 0 aliphatic carbocycles. The predicted molar refractivity (Wildman–Crippen MR) is 123 cm³/mol. The fourth-order valence-corrected chi connectivity index (χ4v) is 3.80. The van der Waals surface area contributed by atoms with E-state index in [2.05, 4.69) is 29.8 Å². The lowest BCUT2D eigenvalue weighted by Crippen LogP contribution is -2.33. The molecular formula is C22H23Cl2N3O3. The first-order valence-corrected chi connectivity index (χ1v) is 10.3. The van der Waals surface area contributed by atoms with Crippen LogP contribution >= 0.6 is 23.2 Å². The van der Waals surface area contributed by atoms with Crippen LogP contribution in [0.5, 0.6) is 0 Å². The molecule has 0 spiro atoms. The number of carbonyl (C=O) groups is 2. The molecule has 1 heterocycles. The average molecular weight is 448 g/mol. The molecule has 1 aliphatic heterocycles. The topological polar surface area (TPSA) is 90.5 Å². The van der Waals surface area contributed by atoms with Gasteiger partial charge in [0.05, 0.1) is 5.02 Å². The lowest BCUT2D eigenvalue weighted by molar-refractivity contribution is -0.137. The standard InChI is InChI=1S/C22H23Cl2N3O3/c1-12(2)11-25-15-3-5-16(6-4-15)26-20(28)8-13-7-19(22(29)30)27-18-10-14(23)9-17(24)21(13)18/h3-6,8-10,12,19,25,27H,7,11H2,1-2H3,(H,26,28)(H,29,30)/b13-8+. The molecule has 3 rings (SSSR count). The van der Waals surface area contributed by atoms with E-state index in [-0.39, 0.29) is 12.3 Å². The summed E-state index contributed by atoms with van der Waals surface area (Å²) in [6.07, 6.45) is 1.51. The Labute approximate surface area is 185 Å². The molecule has 0 saturated heterocycles. The summed E-state index contributed by atoms with van der Waals surface area (Å²) in [4.78, 5) is 24.1. The summed E-state index contributed by atoms with van der Waals surface area (Å²) in [7, 11) is 0. The van der Waals surface area contributed by atoms with Gasteiger partial charge in [-0.25, -0.2) is 4.79 Å². The molecule has 30 heavy (non-hydrogen) atoms. The fourth-order valence-electron chi connectivity index (χ4n) is 3.18. The van der Waals surface area contributed by atoms with Gasteiger partial charge >= 0.3 is 5.97 Å². The van der Waals surface area contributed by atoms with Gasteiger partial charge in [-0.1, -0.05) is 37.0 Å². The van der Waals surface area contributed by atoms with Crippen LogP contribution in [-0.4, -0.2) is 29.6 Å². The largest absolute Gasteiger partial charge is 0.480 e. The predicted octanol–water partition coefficient (Wildman–Crippen LogP) is 5.35. The van der Waals surface area contributed by atoms with Crippen molar-refractivity contribution in [3.8, 4) is 0 Å². The molecule has 2 aromatic rings. The Morgan fingerprint density at radius 1 is 1.20 bits per heavy atom. The fraction of sp³-hybridized carbons (Fsp3) is 0.273. The van der Waals surface area contributed by atoms with Crippen LogP contribution in [0.2, 0.25) is 10.0 Å². The van der Waals surface area contributed by atoms with E-state index in [1.807, 2.05) is 24.3 Å². The third-order valence-corrected chi connectivity index (χ3v) is 5.12. The number of benzene rings is 2. The lowest BCUT2D eigenvalue weighted by Gasteiger charge is -2.27. The molecule has 158 valence electrons. The molecule has 0 fully saturated rings. The summed E-state index contributed by atoms with van der Waals surface area (Å²) in [6.45, 7) is 5.12. The second-order valence-corrected chi connectivity index (χ2v) is 8.40. The monoisotopic (exact) mass is 447 g/mol. The van der Waals surface area contributed by atoms with Crippen LogP contribution in [0.4, 0.5) is 17.1 Å². The summed E-state index contributed by atoms with van der Waals surface area (Å²) >= 11 is 12.4. The van der Waals surface area contributed by atoms with Crippen LogP contribution in [0, 0.1) is 5.92 Å². The summed E-state index contributed by atoms with van der Waals surface area (Å²) < 4.78 is 0. The van der Waals surface area contributed by atoms with Crippen LogP contribution in [0.25, 0.3) is 5.57 Å². The van der Waals surface area contributed by atoms with Crippen molar-refractivity contribution in [3.05, 3.63) is 58.1 Å². The first kappa shape index (κ1) is 22.0. The molecule has 1 unspecified atom stereocenters. The maximum atomic E-state index is 12.6. The maximum absolute atomic E-state index is 12.6. The number of nitrogens with one attached hydrogen (secondary N) is 3. The maximum Gasteiger partial charge on any atom is 0.326 e. The first-order valence-electron chi connectivity index (χ1n) is 9.57. The van der Waals surface area contributed by atoms with Crippen molar-refractivity contribution in [1.29, 1.82) is 0 Å². The Hall–Kier alpha value is -2.70. The summed E-state index contributed by atoms with van der Waals surface area (Å²) in [5, 5.41) is 19.2. The molecule has 6 nitrogen and oxygen atoms in total. The number of carboxylic acids is 1. The number of halogens is 2. The molecule has 4 N–H and O–H groups in total. The highest BCUT2D eigenvalue weighted by atomic mass is 35.5. The van der Waals surface area contributed by atoms with E-state index >= 15 is 0 Å². The van der Waals surface area contributed by atoms with Gasteiger partial charge < -0.3 is 21.1 Å². The molecule has 8 heteroatoms. The Morgan fingerprint density at radius 3 is 2.50 bits per heavy atom. The van der Waals surface area contributed by atoms with E-state index in [9.17, 15) is 14.7 Å². The second-order valence-electron chi connectivity index (χ2n) is 7.56. The number of anilines is 3. The number of amides is 1. The van der Waals surface area contributed by atoms with Gasteiger partial charge in [-0.3, -0.25) is 4.79 Å². The van der Waals surface area contributed by atoms with E-state index in [1.54, 1.807) is 12.1 Å². The van der Waals surface area contributed by atoms with Crippen molar-refractivity contribution in [2.75, 3.05) is 22.5 Å². The number of hydrogen-bond acceptors (Lipinski definition) is 4. The smallest absolute Gasteiger partial charge is 0.326 e. The summed E-state index contributed by atoms with van der Waals surface area (Å²) in [5.41, 5.74) is 3.22. The van der Waals surface area contributed by atoms with E-state index in [0.717, 1.165) is 12.2 Å². The van der Waals surface area contributed by atoms with Gasteiger partial charge in [0.25, 0.3) is 0 Å². The van der Waals surface area contributed by atoms with Gasteiger partial charge in [0.15, 0.2) is 0 Å². The number of aliphatic carboxylic acids is 1. The normalized spacial score (nSPS) is 16.7. The third-order valence-electron chi connectivity index (χ3n) is 4.60. The van der Waals surface area contributed by atoms with E-state index < -0.39 is 12.0 Å². The minimum absolute atomic E-state index is 0.120. The van der Waals surface area contributed by atoms with Crippen molar-refractivity contribution in [1.82, 2.24) is 0 Å². The molecule has 1 aliphatic rings. The van der Waals surface area contributed by atoms with Crippen molar-refractivity contribution in [3.63, 3.8) is 0 Å². The highest BCUT2D eigenvalue weighted by Crippen LogP contribution is 2.40. The zero-order chi connectivity index (χ0) is 21.8. The number of rotatable bonds is 6. The van der Waals surface area contributed by atoms with Crippen LogP contribution in [0.15, 0.2) is 42.5 Å². The van der Waals surface area contributed by atoms with Crippen LogP contribution < -0.4 is 16.0 Å². The van der Waals surface area contributed by atoms with Crippen molar-refractivity contribution in [2.45, 2.75) is 26.3 Å². The van der Waals surface area contributed by atoms with Crippen LogP contribution in [-0.2, 0) is 9.59 Å². The van der Waals surface area contributed by atoms with Gasteiger partial charge in [-0.05, 0) is 47.9 Å².